The van der Waals surface area contributed by atoms with Crippen molar-refractivity contribution in [1.82, 2.24) is 0 Å². The predicted octanol–water partition coefficient (Wildman–Crippen LogP) is 2.03. The first kappa shape index (κ1) is 14.1. The van der Waals surface area contributed by atoms with Crippen molar-refractivity contribution >= 4 is 12.6 Å². The van der Waals surface area contributed by atoms with Gasteiger partial charge in [-0.3, -0.25) is 0 Å². The van der Waals surface area contributed by atoms with Crippen LogP contribution >= 0.6 is 0 Å². The molecule has 2 aliphatic rings. The molecular formula is C15H21BO4. The van der Waals surface area contributed by atoms with E-state index in [1.54, 1.807) is 0 Å². The van der Waals surface area contributed by atoms with Gasteiger partial charge in [0.2, 0.25) is 0 Å². The largest absolute Gasteiger partial charge is 0.494 e. The minimum Gasteiger partial charge on any atom is -0.399 e. The van der Waals surface area contributed by atoms with E-state index >= 15 is 0 Å². The number of benzene rings is 1. The Morgan fingerprint density at radius 1 is 1.00 bits per heavy atom. The number of hydrogen-bond acceptors (Lipinski definition) is 4. The van der Waals surface area contributed by atoms with Crippen molar-refractivity contribution in [3.8, 4) is 0 Å². The molecule has 0 amide bonds. The average Bonchev–Trinajstić information content (AvgIpc) is 2.97. The monoisotopic (exact) mass is 276 g/mol. The zero-order valence-corrected chi connectivity index (χ0v) is 12.5. The molecule has 0 bridgehead atoms. The van der Waals surface area contributed by atoms with Crippen LogP contribution in [0.1, 0.15) is 39.5 Å². The molecule has 1 aromatic carbocycles. The van der Waals surface area contributed by atoms with Gasteiger partial charge < -0.3 is 18.8 Å². The molecule has 2 aliphatic heterocycles. The molecular weight excluding hydrogens is 255 g/mol. The molecule has 0 unspecified atom stereocenters. The predicted molar refractivity (Wildman–Crippen MR) is 76.8 cm³/mol. The van der Waals surface area contributed by atoms with Crippen molar-refractivity contribution in [1.29, 1.82) is 0 Å². The van der Waals surface area contributed by atoms with Gasteiger partial charge in [0.25, 0.3) is 0 Å². The van der Waals surface area contributed by atoms with Crippen molar-refractivity contribution < 1.29 is 18.8 Å². The van der Waals surface area contributed by atoms with Gasteiger partial charge >= 0.3 is 7.12 Å². The highest BCUT2D eigenvalue weighted by molar-refractivity contribution is 6.62. The minimum atomic E-state index is -0.346. The lowest BCUT2D eigenvalue weighted by Gasteiger charge is -2.32. The second-order valence-corrected chi connectivity index (χ2v) is 6.33. The summed E-state index contributed by atoms with van der Waals surface area (Å²) >= 11 is 0. The summed E-state index contributed by atoms with van der Waals surface area (Å²) in [5.41, 5.74) is 1.36. The van der Waals surface area contributed by atoms with E-state index in [-0.39, 0.29) is 24.6 Å². The van der Waals surface area contributed by atoms with Gasteiger partial charge in [-0.1, -0.05) is 24.3 Å². The fourth-order valence-corrected chi connectivity index (χ4v) is 2.38. The second-order valence-electron chi connectivity index (χ2n) is 6.33. The Labute approximate surface area is 120 Å². The van der Waals surface area contributed by atoms with Crippen LogP contribution in [0.15, 0.2) is 24.3 Å². The van der Waals surface area contributed by atoms with Crippen LogP contribution < -0.4 is 5.46 Å². The van der Waals surface area contributed by atoms with E-state index in [1.165, 1.54) is 0 Å². The van der Waals surface area contributed by atoms with Crippen LogP contribution in [-0.2, 0) is 18.8 Å². The third-order valence-corrected chi connectivity index (χ3v) is 4.33. The van der Waals surface area contributed by atoms with Crippen LogP contribution in [0.2, 0.25) is 0 Å². The molecule has 0 atom stereocenters. The lowest BCUT2D eigenvalue weighted by molar-refractivity contribution is -0.0440. The van der Waals surface area contributed by atoms with Gasteiger partial charge in [-0.25, -0.2) is 0 Å². The van der Waals surface area contributed by atoms with Crippen LogP contribution in [0.5, 0.6) is 0 Å². The maximum Gasteiger partial charge on any atom is 0.494 e. The van der Waals surface area contributed by atoms with Gasteiger partial charge in [-0.2, -0.15) is 0 Å². The smallest absolute Gasteiger partial charge is 0.399 e. The van der Waals surface area contributed by atoms with Gasteiger partial charge in [0.05, 0.1) is 24.4 Å². The van der Waals surface area contributed by atoms with E-state index in [9.17, 15) is 0 Å². The van der Waals surface area contributed by atoms with Gasteiger partial charge in [-0.05, 0) is 33.2 Å². The molecule has 5 heteroatoms. The molecule has 0 N–H and O–H groups in total. The summed E-state index contributed by atoms with van der Waals surface area (Å²) in [5, 5.41) is 0. The highest BCUT2D eigenvalue weighted by Gasteiger charge is 2.51. The van der Waals surface area contributed by atoms with Gasteiger partial charge in [-0.15, -0.1) is 0 Å². The molecule has 108 valence electrons. The Morgan fingerprint density at radius 3 is 2.20 bits per heavy atom. The van der Waals surface area contributed by atoms with E-state index in [2.05, 4.69) is 27.7 Å². The molecule has 4 nitrogen and oxygen atoms in total. The van der Waals surface area contributed by atoms with Crippen LogP contribution in [0.25, 0.3) is 0 Å². The van der Waals surface area contributed by atoms with Gasteiger partial charge in [0.1, 0.15) is 0 Å². The lowest BCUT2D eigenvalue weighted by Crippen LogP contribution is -2.41. The zero-order valence-electron chi connectivity index (χ0n) is 12.5. The van der Waals surface area contributed by atoms with Crippen molar-refractivity contribution in [2.24, 2.45) is 0 Å². The van der Waals surface area contributed by atoms with E-state index in [1.807, 2.05) is 24.3 Å². The normalized spacial score (nSPS) is 25.3. The van der Waals surface area contributed by atoms with Crippen molar-refractivity contribution in [3.05, 3.63) is 29.8 Å². The first-order valence-corrected chi connectivity index (χ1v) is 7.08. The molecule has 2 saturated heterocycles. The molecule has 0 aromatic heterocycles. The summed E-state index contributed by atoms with van der Waals surface area (Å²) in [6, 6.07) is 8.05. The highest BCUT2D eigenvalue weighted by Crippen LogP contribution is 2.36. The maximum atomic E-state index is 6.06. The summed E-state index contributed by atoms with van der Waals surface area (Å²) in [4.78, 5) is 0. The number of hydrogen-bond donors (Lipinski definition) is 0. The standard InChI is InChI=1S/C15H21BO4/c1-14(2)15(3,4)20-16(19-14)12-7-5-6-11(10-12)13-17-8-9-18-13/h5-7,10,13H,8-9H2,1-4H3. The summed E-state index contributed by atoms with van der Waals surface area (Å²) in [5.74, 6) is 0. The van der Waals surface area contributed by atoms with Crippen LogP contribution in [0, 0.1) is 0 Å². The molecule has 2 heterocycles. The fraction of sp³-hybridized carbons (Fsp3) is 0.600. The second kappa shape index (κ2) is 4.84. The molecule has 3 rings (SSSR count). The van der Waals surface area contributed by atoms with Crippen molar-refractivity contribution in [2.75, 3.05) is 13.2 Å². The maximum absolute atomic E-state index is 6.06. The molecule has 0 saturated carbocycles. The molecule has 1 aromatic rings. The SMILES string of the molecule is CC1(C)OB(c2cccc(C3OCCO3)c2)OC1(C)C. The molecule has 20 heavy (non-hydrogen) atoms. The summed E-state index contributed by atoms with van der Waals surface area (Å²) in [6.07, 6.45) is -0.266. The summed E-state index contributed by atoms with van der Waals surface area (Å²) < 4.78 is 23.2. The highest BCUT2D eigenvalue weighted by atomic mass is 16.7. The average molecular weight is 276 g/mol. The van der Waals surface area contributed by atoms with E-state index in [4.69, 9.17) is 18.8 Å². The Hall–Kier alpha value is -0.875. The van der Waals surface area contributed by atoms with E-state index in [0.29, 0.717) is 13.2 Å². The zero-order chi connectivity index (χ0) is 14.4. The molecule has 0 spiro atoms. The Morgan fingerprint density at radius 2 is 1.60 bits per heavy atom. The van der Waals surface area contributed by atoms with Gasteiger partial charge in [0.15, 0.2) is 6.29 Å². The molecule has 0 aliphatic carbocycles. The third-order valence-electron chi connectivity index (χ3n) is 4.33. The van der Waals surface area contributed by atoms with Crippen molar-refractivity contribution in [2.45, 2.75) is 45.2 Å². The topological polar surface area (TPSA) is 36.9 Å². The van der Waals surface area contributed by atoms with Crippen LogP contribution in [0.3, 0.4) is 0 Å². The molecule has 0 radical (unpaired) electrons. The third kappa shape index (κ3) is 2.39. The van der Waals surface area contributed by atoms with Crippen molar-refractivity contribution in [3.63, 3.8) is 0 Å². The Bertz CT molecular complexity index is 478. The van der Waals surface area contributed by atoms with E-state index in [0.717, 1.165) is 11.0 Å². The Balaban J connectivity index is 1.83. The Kier molecular flexibility index (Phi) is 3.41. The van der Waals surface area contributed by atoms with E-state index < -0.39 is 0 Å². The van der Waals surface area contributed by atoms with Crippen LogP contribution in [0.4, 0.5) is 0 Å². The minimum absolute atomic E-state index is 0.266. The van der Waals surface area contributed by atoms with Crippen LogP contribution in [-0.4, -0.2) is 31.5 Å². The summed E-state index contributed by atoms with van der Waals surface area (Å²) in [7, 11) is -0.346. The number of ether oxygens (including phenoxy) is 2. The first-order chi connectivity index (χ1) is 9.39. The van der Waals surface area contributed by atoms with Gasteiger partial charge in [0, 0.05) is 5.56 Å². The fourth-order valence-electron chi connectivity index (χ4n) is 2.38. The number of rotatable bonds is 2. The quantitative estimate of drug-likeness (QED) is 0.774. The molecule has 2 fully saturated rings. The first-order valence-electron chi connectivity index (χ1n) is 7.08. The summed E-state index contributed by atoms with van der Waals surface area (Å²) in [6.45, 7) is 9.51. The lowest BCUT2D eigenvalue weighted by atomic mass is 9.78.